The van der Waals surface area contributed by atoms with Gasteiger partial charge in [-0.2, -0.15) is 4.31 Å². The third-order valence-electron chi connectivity index (χ3n) is 4.91. The third-order valence-corrected chi connectivity index (χ3v) is 6.13. The van der Waals surface area contributed by atoms with Crippen LogP contribution in [0.2, 0.25) is 0 Å². The van der Waals surface area contributed by atoms with Crippen molar-refractivity contribution in [2.24, 2.45) is 0 Å². The summed E-state index contributed by atoms with van der Waals surface area (Å²) in [5.74, 6) is 0.0653. The fourth-order valence-electron chi connectivity index (χ4n) is 3.55. The molecule has 0 amide bonds. The van der Waals surface area contributed by atoms with Gasteiger partial charge in [-0.1, -0.05) is 30.8 Å². The zero-order valence-corrected chi connectivity index (χ0v) is 17.8. The summed E-state index contributed by atoms with van der Waals surface area (Å²) in [7, 11) is -3.61. The Balaban J connectivity index is 1.92. The summed E-state index contributed by atoms with van der Waals surface area (Å²) in [5, 5.41) is 12.0. The average Bonchev–Trinajstić information content (AvgIpc) is 3.01. The third kappa shape index (κ3) is 4.56. The highest BCUT2D eigenvalue weighted by Crippen LogP contribution is 2.31. The molecule has 30 heavy (non-hydrogen) atoms. The average molecular weight is 433 g/mol. The molecule has 1 unspecified atom stereocenters. The van der Waals surface area contributed by atoms with Crippen LogP contribution >= 0.6 is 0 Å². The summed E-state index contributed by atoms with van der Waals surface area (Å²) in [4.78, 5) is 0. The lowest BCUT2D eigenvalue weighted by molar-refractivity contribution is 0.129. The maximum atomic E-state index is 14.5. The van der Waals surface area contributed by atoms with Crippen molar-refractivity contribution in [3.63, 3.8) is 0 Å². The van der Waals surface area contributed by atoms with Gasteiger partial charge in [-0.25, -0.2) is 12.8 Å². The second kappa shape index (κ2) is 8.99. The van der Waals surface area contributed by atoms with E-state index in [1.165, 1.54) is 12.3 Å². The molecule has 0 aliphatic heterocycles. The normalized spacial score (nSPS) is 13.8. The molecule has 0 saturated heterocycles. The Labute approximate surface area is 175 Å². The van der Waals surface area contributed by atoms with Gasteiger partial charge in [0.25, 0.3) is 0 Å². The van der Waals surface area contributed by atoms with Gasteiger partial charge in [-0.3, -0.25) is 0 Å². The molecule has 0 fully saturated rings. The molecule has 0 aliphatic rings. The molecule has 1 atom stereocenters. The number of ether oxygens (including phenoxy) is 1. The Bertz CT molecular complexity index is 1200. The number of sulfonamides is 1. The number of nitrogens with zero attached hydrogens (tertiary/aromatic N) is 2. The molecular weight excluding hydrogens is 407 g/mol. The Morgan fingerprint density at radius 1 is 1.27 bits per heavy atom. The van der Waals surface area contributed by atoms with E-state index in [9.17, 15) is 17.9 Å². The van der Waals surface area contributed by atoms with Crippen molar-refractivity contribution < 1.29 is 22.7 Å². The van der Waals surface area contributed by atoms with Crippen LogP contribution in [0.1, 0.15) is 6.92 Å². The van der Waals surface area contributed by atoms with Gasteiger partial charge in [-0.15, -0.1) is 0 Å². The van der Waals surface area contributed by atoms with Crippen molar-refractivity contribution in [1.29, 1.82) is 0 Å². The molecule has 0 aliphatic carbocycles. The lowest BCUT2D eigenvalue weighted by atomic mass is 10.1. The Kier molecular flexibility index (Phi) is 6.60. The van der Waals surface area contributed by atoms with Crippen molar-refractivity contribution in [2.75, 3.05) is 19.3 Å². The number of aliphatic hydroxyl groups is 1. The number of halogens is 1. The largest absolute Gasteiger partial charge is 0.469 e. The van der Waals surface area contributed by atoms with E-state index in [1.54, 1.807) is 25.1 Å². The molecule has 160 valence electrons. The van der Waals surface area contributed by atoms with Crippen molar-refractivity contribution in [3.05, 3.63) is 73.0 Å². The molecule has 6 nitrogen and oxygen atoms in total. The molecule has 1 N–H and O–H groups in total. The minimum atomic E-state index is -3.61. The molecule has 0 radical (unpaired) electrons. The van der Waals surface area contributed by atoms with Gasteiger partial charge in [0.2, 0.25) is 10.0 Å². The van der Waals surface area contributed by atoms with E-state index in [1.807, 2.05) is 28.8 Å². The first-order valence-corrected chi connectivity index (χ1v) is 11.3. The summed E-state index contributed by atoms with van der Waals surface area (Å²) in [5.41, 5.74) is 1.41. The summed E-state index contributed by atoms with van der Waals surface area (Å²) in [6.07, 6.45) is 2.92. The zero-order chi connectivity index (χ0) is 21.9. The van der Waals surface area contributed by atoms with Crippen molar-refractivity contribution in [2.45, 2.75) is 19.6 Å². The van der Waals surface area contributed by atoms with Gasteiger partial charge < -0.3 is 14.4 Å². The van der Waals surface area contributed by atoms with E-state index in [0.717, 1.165) is 21.5 Å². The molecular formula is C22H25FN2O4S. The van der Waals surface area contributed by atoms with E-state index in [4.69, 9.17) is 4.74 Å². The smallest absolute Gasteiger partial charge is 0.211 e. The second-order valence-corrected chi connectivity index (χ2v) is 8.99. The number of hydrogen-bond donors (Lipinski definition) is 1. The predicted molar refractivity (Wildman–Crippen MR) is 117 cm³/mol. The predicted octanol–water partition coefficient (Wildman–Crippen LogP) is 3.62. The number of hydrogen-bond acceptors (Lipinski definition) is 4. The molecule has 2 aromatic carbocycles. The number of fused-ring (bicyclic) bond motifs is 3. The van der Waals surface area contributed by atoms with Crippen molar-refractivity contribution >= 4 is 31.8 Å². The van der Waals surface area contributed by atoms with Crippen LogP contribution in [-0.2, 0) is 21.3 Å². The maximum Gasteiger partial charge on any atom is 0.211 e. The van der Waals surface area contributed by atoms with E-state index in [-0.39, 0.29) is 25.5 Å². The number of aromatic nitrogens is 1. The van der Waals surface area contributed by atoms with Gasteiger partial charge >= 0.3 is 0 Å². The standard InChI is InChI=1S/C22H25FN2O4S/c1-4-17(29-5-2)15-24(30(3,27)28)13-16(26)14-25-20-11-7-6-9-18(20)22-19(23)10-8-12-21(22)25/h4-12,16,26H,2,13-15H2,1,3H3/b17-4-. The van der Waals surface area contributed by atoms with E-state index >= 15 is 0 Å². The number of benzene rings is 2. The Hall–Kier alpha value is -2.68. The fourth-order valence-corrected chi connectivity index (χ4v) is 4.35. The Morgan fingerprint density at radius 2 is 1.97 bits per heavy atom. The molecule has 0 spiro atoms. The fraction of sp³-hybridized carbons (Fsp3) is 0.273. The van der Waals surface area contributed by atoms with Gasteiger partial charge in [0, 0.05) is 22.8 Å². The highest BCUT2D eigenvalue weighted by Gasteiger charge is 2.23. The van der Waals surface area contributed by atoms with Crippen LogP contribution in [0.25, 0.3) is 21.8 Å². The molecule has 3 aromatic rings. The Morgan fingerprint density at radius 3 is 2.63 bits per heavy atom. The first-order valence-electron chi connectivity index (χ1n) is 9.47. The van der Waals surface area contributed by atoms with Gasteiger partial charge in [0.1, 0.15) is 11.6 Å². The number of allylic oxidation sites excluding steroid dienone is 1. The van der Waals surface area contributed by atoms with Crippen LogP contribution in [0.4, 0.5) is 4.39 Å². The number of para-hydroxylation sites is 1. The lowest BCUT2D eigenvalue weighted by Crippen LogP contribution is -2.39. The van der Waals surface area contributed by atoms with Gasteiger partial charge in [0.15, 0.2) is 0 Å². The highest BCUT2D eigenvalue weighted by atomic mass is 32.2. The van der Waals surface area contributed by atoms with E-state index < -0.39 is 16.1 Å². The summed E-state index contributed by atoms with van der Waals surface area (Å²) >= 11 is 0. The molecule has 8 heteroatoms. The van der Waals surface area contributed by atoms with Crippen LogP contribution in [0, 0.1) is 5.82 Å². The topological polar surface area (TPSA) is 71.8 Å². The van der Waals surface area contributed by atoms with Crippen LogP contribution in [-0.4, -0.2) is 47.8 Å². The minimum absolute atomic E-state index is 0.0276. The van der Waals surface area contributed by atoms with Crippen LogP contribution in [0.5, 0.6) is 0 Å². The molecule has 1 aromatic heterocycles. The molecule has 0 saturated carbocycles. The summed E-state index contributed by atoms with van der Waals surface area (Å²) in [6, 6.07) is 12.2. The molecule has 3 rings (SSSR count). The highest BCUT2D eigenvalue weighted by molar-refractivity contribution is 7.88. The van der Waals surface area contributed by atoms with E-state index in [2.05, 4.69) is 6.58 Å². The summed E-state index contributed by atoms with van der Waals surface area (Å²) in [6.45, 7) is 5.14. The van der Waals surface area contributed by atoms with Crippen LogP contribution < -0.4 is 0 Å². The monoisotopic (exact) mass is 432 g/mol. The van der Waals surface area contributed by atoms with Crippen molar-refractivity contribution in [1.82, 2.24) is 8.87 Å². The number of rotatable bonds is 9. The van der Waals surface area contributed by atoms with Crippen molar-refractivity contribution in [3.8, 4) is 0 Å². The SMILES string of the molecule is C=CO/C(=C\C)CN(CC(O)Cn1c2ccccc2c2c(F)cccc21)S(C)(=O)=O. The maximum absolute atomic E-state index is 14.5. The van der Waals surface area contributed by atoms with E-state index in [0.29, 0.717) is 16.7 Å². The van der Waals surface area contributed by atoms with Gasteiger partial charge in [0.05, 0.1) is 37.2 Å². The summed E-state index contributed by atoms with van der Waals surface area (Å²) < 4.78 is 47.2. The molecule has 1 heterocycles. The van der Waals surface area contributed by atoms with Crippen LogP contribution in [0.15, 0.2) is 67.1 Å². The molecule has 0 bridgehead atoms. The van der Waals surface area contributed by atoms with Crippen LogP contribution in [0.3, 0.4) is 0 Å². The minimum Gasteiger partial charge on any atom is -0.469 e. The first-order chi connectivity index (χ1) is 14.3. The quantitative estimate of drug-likeness (QED) is 0.524. The zero-order valence-electron chi connectivity index (χ0n) is 17.0. The lowest BCUT2D eigenvalue weighted by Gasteiger charge is -2.24. The first kappa shape index (κ1) is 22.0. The van der Waals surface area contributed by atoms with Gasteiger partial charge in [-0.05, 0) is 31.2 Å². The number of aliphatic hydroxyl groups excluding tert-OH is 1. The second-order valence-electron chi connectivity index (χ2n) is 7.01.